The first-order valence-corrected chi connectivity index (χ1v) is 6.09. The topological polar surface area (TPSA) is 95.0 Å². The summed E-state index contributed by atoms with van der Waals surface area (Å²) >= 11 is 0. The van der Waals surface area contributed by atoms with Crippen molar-refractivity contribution in [1.82, 2.24) is 0 Å². The molecule has 2 aliphatic heterocycles. The second-order valence-corrected chi connectivity index (χ2v) is 4.45. The third kappa shape index (κ3) is 6.11. The molecule has 2 atom stereocenters. The number of hydrogen-bond donors (Lipinski definition) is 3. The van der Waals surface area contributed by atoms with Crippen LogP contribution in [-0.4, -0.2) is 54.0 Å². The fraction of sp³-hybridized carbons (Fsp3) is 0.538. The molecule has 0 saturated carbocycles. The third-order valence-electron chi connectivity index (χ3n) is 2.57. The molecular weight excluding hydrogens is 252 g/mol. The van der Waals surface area contributed by atoms with Crippen molar-refractivity contribution in [3.05, 3.63) is 35.9 Å². The van der Waals surface area contributed by atoms with E-state index < -0.39 is 5.97 Å². The van der Waals surface area contributed by atoms with E-state index in [1.165, 1.54) is 12.1 Å². The fourth-order valence-corrected chi connectivity index (χ4v) is 1.32. The van der Waals surface area contributed by atoms with Gasteiger partial charge in [-0.1, -0.05) is 30.3 Å². The van der Waals surface area contributed by atoms with E-state index >= 15 is 0 Å². The van der Waals surface area contributed by atoms with E-state index in [2.05, 4.69) is 0 Å². The monoisotopic (exact) mass is 270 g/mol. The minimum absolute atomic E-state index is 0.0648. The van der Waals surface area contributed by atoms with Gasteiger partial charge in [-0.05, 0) is 0 Å². The van der Waals surface area contributed by atoms with Crippen LogP contribution in [0.3, 0.4) is 0 Å². The predicted molar refractivity (Wildman–Crippen MR) is 65.1 cm³/mol. The maximum absolute atomic E-state index is 8.60. The molecule has 2 unspecified atom stereocenters. The molecule has 0 amide bonds. The van der Waals surface area contributed by atoms with Gasteiger partial charge in [0.25, 0.3) is 0 Å². The summed E-state index contributed by atoms with van der Waals surface area (Å²) in [7, 11) is 0. The number of benzene rings is 1. The maximum Gasteiger partial charge on any atom is 0.304 e. The molecule has 6 nitrogen and oxygen atoms in total. The first-order valence-electron chi connectivity index (χ1n) is 6.09. The van der Waals surface area contributed by atoms with E-state index in [1.54, 1.807) is 18.2 Å². The van der Waals surface area contributed by atoms with Crippen molar-refractivity contribution in [2.24, 2.45) is 0 Å². The van der Waals surface area contributed by atoms with Gasteiger partial charge in [0.1, 0.15) is 12.2 Å². The van der Waals surface area contributed by atoms with Gasteiger partial charge in [-0.2, -0.15) is 0 Å². The molecular formula is C13H18O6. The molecule has 1 aromatic rings. The quantitative estimate of drug-likeness (QED) is 0.496. The van der Waals surface area contributed by atoms with E-state index in [0.717, 1.165) is 26.4 Å². The summed E-state index contributed by atoms with van der Waals surface area (Å²) in [6.07, 6.45) is 0.785. The third-order valence-corrected chi connectivity index (χ3v) is 2.57. The molecule has 0 radical (unpaired) electrons. The Morgan fingerprint density at radius 2 is 1.47 bits per heavy atom. The number of ether oxygens (including phenoxy) is 3. The zero-order valence-corrected chi connectivity index (χ0v) is 10.4. The summed E-state index contributed by atoms with van der Waals surface area (Å²) in [5.41, 5.74) is 0.0648. The average molecular weight is 270 g/mol. The lowest BCUT2D eigenvalue weighted by Crippen LogP contribution is -2.23. The largest absolute Gasteiger partial charge is 0.376 e. The number of aliphatic hydroxyl groups is 3. The van der Waals surface area contributed by atoms with Crippen molar-refractivity contribution in [3.63, 3.8) is 0 Å². The number of epoxide rings is 2. The zero-order chi connectivity index (χ0) is 13.7. The van der Waals surface area contributed by atoms with Crippen LogP contribution in [0.25, 0.3) is 0 Å². The molecule has 1 aromatic carbocycles. The van der Waals surface area contributed by atoms with Gasteiger partial charge in [-0.15, -0.1) is 0 Å². The van der Waals surface area contributed by atoms with Crippen molar-refractivity contribution in [3.8, 4) is 0 Å². The average Bonchev–Trinajstić information content (AvgIpc) is 3.25. The molecule has 2 fully saturated rings. The highest BCUT2D eigenvalue weighted by molar-refractivity contribution is 5.16. The Hall–Kier alpha value is -1.02. The van der Waals surface area contributed by atoms with Crippen LogP contribution in [0.1, 0.15) is 5.56 Å². The van der Waals surface area contributed by atoms with Crippen LogP contribution in [0.4, 0.5) is 0 Å². The van der Waals surface area contributed by atoms with Gasteiger partial charge in [0.15, 0.2) is 0 Å². The van der Waals surface area contributed by atoms with Gasteiger partial charge >= 0.3 is 5.97 Å². The normalized spacial score (nSPS) is 24.4. The van der Waals surface area contributed by atoms with Crippen molar-refractivity contribution in [2.45, 2.75) is 18.2 Å². The van der Waals surface area contributed by atoms with E-state index in [-0.39, 0.29) is 5.56 Å². The molecule has 2 aliphatic rings. The summed E-state index contributed by atoms with van der Waals surface area (Å²) in [6, 6.07) is 7.76. The van der Waals surface area contributed by atoms with Crippen LogP contribution >= 0.6 is 0 Å². The highest BCUT2D eigenvalue weighted by atomic mass is 16.7. The van der Waals surface area contributed by atoms with E-state index in [4.69, 9.17) is 29.5 Å². The molecule has 2 heterocycles. The Bertz CT molecular complexity index is 354. The Kier molecular flexibility index (Phi) is 4.87. The lowest BCUT2D eigenvalue weighted by atomic mass is 10.2. The van der Waals surface area contributed by atoms with Crippen LogP contribution in [0.15, 0.2) is 30.3 Å². The zero-order valence-electron chi connectivity index (χ0n) is 10.4. The van der Waals surface area contributed by atoms with Crippen molar-refractivity contribution < 1.29 is 29.5 Å². The Balaban J connectivity index is 0.000000141. The van der Waals surface area contributed by atoms with Gasteiger partial charge in [0.05, 0.1) is 26.4 Å². The molecule has 0 bridgehead atoms. The van der Waals surface area contributed by atoms with Crippen LogP contribution in [-0.2, 0) is 20.2 Å². The van der Waals surface area contributed by atoms with Gasteiger partial charge in [0.2, 0.25) is 0 Å². The van der Waals surface area contributed by atoms with E-state index in [9.17, 15) is 0 Å². The lowest BCUT2D eigenvalue weighted by molar-refractivity contribution is -0.323. The van der Waals surface area contributed by atoms with Crippen LogP contribution in [0.2, 0.25) is 0 Å². The van der Waals surface area contributed by atoms with E-state index in [1.807, 2.05) is 0 Å². The highest BCUT2D eigenvalue weighted by Gasteiger charge is 2.26. The molecule has 2 saturated heterocycles. The van der Waals surface area contributed by atoms with Gasteiger partial charge in [0, 0.05) is 5.56 Å². The first kappa shape index (κ1) is 14.4. The summed E-state index contributed by atoms with van der Waals surface area (Å²) < 4.78 is 15.1. The Labute approximate surface area is 111 Å². The van der Waals surface area contributed by atoms with E-state index in [0.29, 0.717) is 12.2 Å². The highest BCUT2D eigenvalue weighted by Crippen LogP contribution is 2.13. The van der Waals surface area contributed by atoms with Crippen LogP contribution in [0, 0.1) is 0 Å². The summed E-state index contributed by atoms with van der Waals surface area (Å²) in [4.78, 5) is 0. The Morgan fingerprint density at radius 1 is 1.00 bits per heavy atom. The molecule has 0 spiro atoms. The van der Waals surface area contributed by atoms with Gasteiger partial charge in [-0.25, -0.2) is 0 Å². The molecule has 106 valence electrons. The molecule has 19 heavy (non-hydrogen) atoms. The molecule has 3 rings (SSSR count). The van der Waals surface area contributed by atoms with Crippen LogP contribution in [0.5, 0.6) is 0 Å². The molecule has 0 aromatic heterocycles. The minimum atomic E-state index is -2.71. The Morgan fingerprint density at radius 3 is 1.79 bits per heavy atom. The second kappa shape index (κ2) is 6.42. The summed E-state index contributed by atoms with van der Waals surface area (Å²) in [6.45, 7) is 3.26. The summed E-state index contributed by atoms with van der Waals surface area (Å²) in [5, 5.41) is 25.8. The molecule has 6 heteroatoms. The number of hydrogen-bond acceptors (Lipinski definition) is 6. The van der Waals surface area contributed by atoms with Crippen molar-refractivity contribution in [1.29, 1.82) is 0 Å². The summed E-state index contributed by atoms with van der Waals surface area (Å²) in [5.74, 6) is -2.71. The van der Waals surface area contributed by atoms with Crippen LogP contribution < -0.4 is 0 Å². The predicted octanol–water partition coefficient (Wildman–Crippen LogP) is -0.426. The minimum Gasteiger partial charge on any atom is -0.376 e. The van der Waals surface area contributed by atoms with Gasteiger partial charge < -0.3 is 29.5 Å². The lowest BCUT2D eigenvalue weighted by Gasteiger charge is -2.12. The van der Waals surface area contributed by atoms with Gasteiger partial charge in [-0.3, -0.25) is 0 Å². The van der Waals surface area contributed by atoms with Crippen molar-refractivity contribution in [2.75, 3.05) is 26.4 Å². The molecule has 3 N–H and O–H groups in total. The second-order valence-electron chi connectivity index (χ2n) is 4.45. The standard InChI is InChI=1S/C7H8O3.C6H10O3/c8-7(9,10)6-4-2-1-3-5-6;1(5-3-8-5)7-2-6-4-9-6/h1-5,8-10H;5-6H,1-4H2. The first-order chi connectivity index (χ1) is 9.05. The molecule has 0 aliphatic carbocycles. The SMILES string of the molecule is C(OCC1CO1)C1CO1.OC(O)(O)c1ccccc1. The fourth-order valence-electron chi connectivity index (χ4n) is 1.32. The number of rotatable bonds is 5. The van der Waals surface area contributed by atoms with Crippen molar-refractivity contribution >= 4 is 0 Å². The smallest absolute Gasteiger partial charge is 0.304 e. The maximum atomic E-state index is 8.60.